The number of halogens is 1. The molecule has 1 amide bonds. The summed E-state index contributed by atoms with van der Waals surface area (Å²) >= 11 is 6.31. The first-order valence-corrected chi connectivity index (χ1v) is 12.6. The Kier molecular flexibility index (Phi) is 6.30. The third-order valence-electron chi connectivity index (χ3n) is 6.65. The fourth-order valence-electron chi connectivity index (χ4n) is 4.56. The van der Waals surface area contributed by atoms with Gasteiger partial charge in [-0.25, -0.2) is 9.78 Å². The standard InChI is InChI=1S/C27H23ClN8O2/c28-19-6-10-25(36-15-31-34-35-36)21(12-19)18-5-9-23(29-13-18)22(11-16-1-2-16)26-30-14-24(33-26)17-3-7-20(8-4-17)32-27(37)38/h3-10,12-16,22,32H,1-2,11H2,(H,30,33)(H,37,38). The highest BCUT2D eigenvalue weighted by Crippen LogP contribution is 2.41. The molecule has 0 saturated heterocycles. The first-order valence-electron chi connectivity index (χ1n) is 12.2. The molecule has 0 radical (unpaired) electrons. The second kappa shape index (κ2) is 10.1. The number of pyridine rings is 1. The first kappa shape index (κ1) is 23.8. The predicted molar refractivity (Wildman–Crippen MR) is 142 cm³/mol. The van der Waals surface area contributed by atoms with Gasteiger partial charge in [0, 0.05) is 28.0 Å². The van der Waals surface area contributed by atoms with Crippen molar-refractivity contribution in [1.82, 2.24) is 35.2 Å². The molecule has 3 N–H and O–H groups in total. The van der Waals surface area contributed by atoms with Crippen molar-refractivity contribution in [2.75, 3.05) is 5.32 Å². The summed E-state index contributed by atoms with van der Waals surface area (Å²) in [5, 5.41) is 23.4. The normalized spacial score (nSPS) is 13.8. The molecule has 1 unspecified atom stereocenters. The number of carboxylic acid groups (broad SMARTS) is 1. The largest absolute Gasteiger partial charge is 0.465 e. The van der Waals surface area contributed by atoms with E-state index in [0.29, 0.717) is 16.6 Å². The monoisotopic (exact) mass is 526 g/mol. The number of aromatic nitrogens is 7. The number of nitrogens with zero attached hydrogens (tertiary/aromatic N) is 6. The zero-order valence-electron chi connectivity index (χ0n) is 20.1. The number of rotatable bonds is 8. The second-order valence-electron chi connectivity index (χ2n) is 9.31. The van der Waals surface area contributed by atoms with Gasteiger partial charge in [0.25, 0.3) is 0 Å². The van der Waals surface area contributed by atoms with Crippen LogP contribution in [0.4, 0.5) is 10.5 Å². The molecule has 3 heterocycles. The molecule has 3 aromatic heterocycles. The molecule has 1 saturated carbocycles. The van der Waals surface area contributed by atoms with Crippen LogP contribution in [0.2, 0.25) is 5.02 Å². The Hall–Kier alpha value is -4.57. The number of hydrogen-bond acceptors (Lipinski definition) is 6. The molecule has 0 bridgehead atoms. The summed E-state index contributed by atoms with van der Waals surface area (Å²) in [7, 11) is 0. The molecule has 2 aromatic carbocycles. The van der Waals surface area contributed by atoms with Gasteiger partial charge >= 0.3 is 6.09 Å². The zero-order valence-corrected chi connectivity index (χ0v) is 20.9. The lowest BCUT2D eigenvalue weighted by molar-refractivity contribution is 0.209. The molecule has 1 atom stereocenters. The number of nitrogens with one attached hydrogen (secondary N) is 2. The van der Waals surface area contributed by atoms with Crippen LogP contribution in [0.25, 0.3) is 28.1 Å². The van der Waals surface area contributed by atoms with Crippen LogP contribution in [0.5, 0.6) is 0 Å². The molecule has 0 spiro atoms. The van der Waals surface area contributed by atoms with Crippen molar-refractivity contribution >= 4 is 23.4 Å². The lowest BCUT2D eigenvalue weighted by Crippen LogP contribution is -2.07. The van der Waals surface area contributed by atoms with E-state index in [9.17, 15) is 4.79 Å². The van der Waals surface area contributed by atoms with Gasteiger partial charge < -0.3 is 10.1 Å². The quantitative estimate of drug-likeness (QED) is 0.233. The highest BCUT2D eigenvalue weighted by atomic mass is 35.5. The summed E-state index contributed by atoms with van der Waals surface area (Å²) in [6, 6.07) is 16.8. The van der Waals surface area contributed by atoms with Crippen molar-refractivity contribution in [3.05, 3.63) is 89.9 Å². The SMILES string of the molecule is O=C(O)Nc1ccc(-c2cnc(C(CC3CC3)c3ccc(-c4cc(Cl)ccc4-n4cnnn4)cn3)[nH]2)cc1. The summed E-state index contributed by atoms with van der Waals surface area (Å²) in [6.07, 6.45) is 7.53. The topological polar surface area (TPSA) is 134 Å². The summed E-state index contributed by atoms with van der Waals surface area (Å²) < 4.78 is 1.60. The van der Waals surface area contributed by atoms with E-state index in [4.69, 9.17) is 26.7 Å². The van der Waals surface area contributed by atoms with Crippen molar-refractivity contribution < 1.29 is 9.90 Å². The fraction of sp³-hybridized carbons (Fsp3) is 0.185. The number of tetrazole rings is 1. The molecule has 11 heteroatoms. The van der Waals surface area contributed by atoms with Crippen molar-refractivity contribution in [2.24, 2.45) is 5.92 Å². The number of anilines is 1. The molecule has 38 heavy (non-hydrogen) atoms. The van der Waals surface area contributed by atoms with Gasteiger partial charge in [0.05, 0.1) is 29.2 Å². The Morgan fingerprint density at radius 3 is 2.58 bits per heavy atom. The summed E-state index contributed by atoms with van der Waals surface area (Å²) in [6.45, 7) is 0. The van der Waals surface area contributed by atoms with E-state index in [1.165, 1.54) is 12.8 Å². The van der Waals surface area contributed by atoms with Gasteiger partial charge in [0.2, 0.25) is 0 Å². The lowest BCUT2D eigenvalue weighted by atomic mass is 9.95. The predicted octanol–water partition coefficient (Wildman–Crippen LogP) is 5.79. The summed E-state index contributed by atoms with van der Waals surface area (Å²) in [5.74, 6) is 1.55. The molecule has 6 rings (SSSR count). The van der Waals surface area contributed by atoms with Crippen LogP contribution in [0.15, 0.2) is 73.3 Å². The maximum Gasteiger partial charge on any atom is 0.409 e. The minimum Gasteiger partial charge on any atom is -0.465 e. The van der Waals surface area contributed by atoms with Gasteiger partial charge in [0.15, 0.2) is 0 Å². The van der Waals surface area contributed by atoms with Gasteiger partial charge in [-0.15, -0.1) is 5.10 Å². The van der Waals surface area contributed by atoms with Gasteiger partial charge in [-0.05, 0) is 64.7 Å². The van der Waals surface area contributed by atoms with Crippen molar-refractivity contribution in [1.29, 1.82) is 0 Å². The average molecular weight is 527 g/mol. The maximum absolute atomic E-state index is 10.9. The van der Waals surface area contributed by atoms with Crippen LogP contribution < -0.4 is 5.32 Å². The van der Waals surface area contributed by atoms with Crippen molar-refractivity contribution in [2.45, 2.75) is 25.2 Å². The van der Waals surface area contributed by atoms with Gasteiger partial charge in [-0.3, -0.25) is 10.3 Å². The molecule has 0 aliphatic heterocycles. The van der Waals surface area contributed by atoms with E-state index >= 15 is 0 Å². The first-order chi connectivity index (χ1) is 18.5. The Morgan fingerprint density at radius 2 is 1.89 bits per heavy atom. The molecular formula is C27H23ClN8O2. The molecule has 1 fully saturated rings. The highest BCUT2D eigenvalue weighted by molar-refractivity contribution is 6.31. The molecule has 190 valence electrons. The molecular weight excluding hydrogens is 504 g/mol. The Labute approximate surface area is 222 Å². The summed E-state index contributed by atoms with van der Waals surface area (Å²) in [5.41, 5.74) is 5.83. The number of carbonyl (C=O) groups is 1. The number of aromatic amines is 1. The van der Waals surface area contributed by atoms with Gasteiger partial charge in [0.1, 0.15) is 12.2 Å². The van der Waals surface area contributed by atoms with E-state index in [1.54, 1.807) is 29.2 Å². The van der Waals surface area contributed by atoms with E-state index in [2.05, 4.69) is 25.8 Å². The van der Waals surface area contributed by atoms with Crippen LogP contribution >= 0.6 is 11.6 Å². The molecule has 1 aliphatic carbocycles. The van der Waals surface area contributed by atoms with Crippen LogP contribution in [0.3, 0.4) is 0 Å². The lowest BCUT2D eigenvalue weighted by Gasteiger charge is -2.15. The number of amides is 1. The molecule has 1 aliphatic rings. The van der Waals surface area contributed by atoms with Crippen LogP contribution in [0.1, 0.15) is 36.7 Å². The highest BCUT2D eigenvalue weighted by Gasteiger charge is 2.29. The van der Waals surface area contributed by atoms with Crippen LogP contribution in [-0.4, -0.2) is 46.4 Å². The zero-order chi connectivity index (χ0) is 26.1. The Bertz CT molecular complexity index is 1560. The minimum atomic E-state index is -1.09. The molecule has 10 nitrogen and oxygen atoms in total. The van der Waals surface area contributed by atoms with Crippen LogP contribution in [0, 0.1) is 5.92 Å². The Balaban J connectivity index is 1.29. The van der Waals surface area contributed by atoms with E-state index in [-0.39, 0.29) is 5.92 Å². The third-order valence-corrected chi connectivity index (χ3v) is 6.88. The van der Waals surface area contributed by atoms with Gasteiger partial charge in [-0.2, -0.15) is 4.68 Å². The smallest absolute Gasteiger partial charge is 0.409 e. The third kappa shape index (κ3) is 5.12. The number of imidazole rings is 1. The maximum atomic E-state index is 10.9. The fourth-order valence-corrected chi connectivity index (χ4v) is 4.73. The number of hydrogen-bond donors (Lipinski definition) is 3. The number of H-pyrrole nitrogens is 1. The van der Waals surface area contributed by atoms with Crippen molar-refractivity contribution in [3.8, 4) is 28.1 Å². The minimum absolute atomic E-state index is 0.0246. The van der Waals surface area contributed by atoms with Crippen LogP contribution in [-0.2, 0) is 0 Å². The average Bonchev–Trinajstić information content (AvgIpc) is 3.36. The van der Waals surface area contributed by atoms with Crippen molar-refractivity contribution in [3.63, 3.8) is 0 Å². The number of benzene rings is 2. The van der Waals surface area contributed by atoms with Gasteiger partial charge in [-0.1, -0.05) is 42.6 Å². The second-order valence-corrected chi connectivity index (χ2v) is 9.75. The molecule has 5 aromatic rings. The van der Waals surface area contributed by atoms with E-state index in [0.717, 1.165) is 46.0 Å². The van der Waals surface area contributed by atoms with E-state index < -0.39 is 6.09 Å². The van der Waals surface area contributed by atoms with E-state index in [1.807, 2.05) is 48.8 Å². The Morgan fingerprint density at radius 1 is 1.08 bits per heavy atom. The summed E-state index contributed by atoms with van der Waals surface area (Å²) in [4.78, 5) is 23.9.